The maximum atomic E-state index is 11.5. The molecule has 1 unspecified atom stereocenters. The van der Waals surface area contributed by atoms with Gasteiger partial charge in [0.25, 0.3) is 0 Å². The highest BCUT2D eigenvalue weighted by molar-refractivity contribution is 5.66. The van der Waals surface area contributed by atoms with Gasteiger partial charge in [0.1, 0.15) is 6.10 Å². The third-order valence-electron chi connectivity index (χ3n) is 9.86. The summed E-state index contributed by atoms with van der Waals surface area (Å²) in [4.78, 5) is 11.5. The molecule has 2 heteroatoms. The van der Waals surface area contributed by atoms with Crippen LogP contribution in [0.3, 0.4) is 0 Å². The van der Waals surface area contributed by atoms with Crippen LogP contribution in [0.2, 0.25) is 0 Å². The van der Waals surface area contributed by atoms with Crippen molar-refractivity contribution in [3.8, 4) is 0 Å². The molecule has 2 nitrogen and oxygen atoms in total. The highest BCUT2D eigenvalue weighted by Crippen LogP contribution is 2.67. The fourth-order valence-corrected chi connectivity index (χ4v) is 8.40. The van der Waals surface area contributed by atoms with E-state index in [0.717, 1.165) is 32.1 Å². The van der Waals surface area contributed by atoms with Crippen LogP contribution in [0.5, 0.6) is 0 Å². The zero-order chi connectivity index (χ0) is 28.3. The predicted octanol–water partition coefficient (Wildman–Crippen LogP) is 7.74. The number of esters is 1. The second-order valence-corrected chi connectivity index (χ2v) is 11.4. The fraction of sp³-hybridized carbons (Fsp3) is 0.828. The Hall–Kier alpha value is -1.05. The Balaban J connectivity index is 1.47. The van der Waals surface area contributed by atoms with Gasteiger partial charge in [-0.1, -0.05) is 58.3 Å². The van der Waals surface area contributed by atoms with Crippen molar-refractivity contribution < 1.29 is 19.1 Å². The molecule has 0 aliphatic heterocycles. The summed E-state index contributed by atoms with van der Waals surface area (Å²) in [6.45, 7) is 2.81. The van der Waals surface area contributed by atoms with Gasteiger partial charge in [-0.05, 0) is 97.7 Å². The molecular formula is C29H46O2. The number of ether oxygens (including phenoxy) is 1. The summed E-state index contributed by atoms with van der Waals surface area (Å²) in [5, 5.41) is 0. The number of hydrogen-bond donors (Lipinski definition) is 0. The monoisotopic (exact) mass is 433 g/mol. The Kier molecular flexibility index (Phi) is 4.42. The summed E-state index contributed by atoms with van der Waals surface area (Å²) >= 11 is 0. The number of hydrogen-bond acceptors (Lipinski definition) is 2. The Morgan fingerprint density at radius 3 is 2.81 bits per heavy atom. The zero-order valence-corrected chi connectivity index (χ0v) is 19.9. The molecule has 3 fully saturated rings. The number of carbonyl (C=O) groups excluding carboxylic acids is 1. The van der Waals surface area contributed by atoms with E-state index in [1.807, 2.05) is 6.08 Å². The van der Waals surface area contributed by atoms with Gasteiger partial charge < -0.3 is 4.74 Å². The Labute approximate surface area is 201 Å². The smallest absolute Gasteiger partial charge is 0.302 e. The summed E-state index contributed by atoms with van der Waals surface area (Å²) in [6, 6.07) is 0. The van der Waals surface area contributed by atoms with Gasteiger partial charge in [0.05, 0.1) is 0 Å². The lowest BCUT2D eigenvalue weighted by molar-refractivity contribution is -0.148. The fourth-order valence-electron chi connectivity index (χ4n) is 8.40. The first kappa shape index (κ1) is 15.7. The molecule has 0 aromatic rings. The second-order valence-electron chi connectivity index (χ2n) is 11.4. The minimum Gasteiger partial charge on any atom is -0.462 e. The molecule has 0 aromatic heterocycles. The van der Waals surface area contributed by atoms with Crippen LogP contribution < -0.4 is 0 Å². The van der Waals surface area contributed by atoms with Crippen LogP contribution in [0.15, 0.2) is 23.8 Å². The molecule has 31 heavy (non-hydrogen) atoms. The summed E-state index contributed by atoms with van der Waals surface area (Å²) in [7, 11) is 0. The van der Waals surface area contributed by atoms with E-state index in [1.165, 1.54) is 31.8 Å². The van der Waals surface area contributed by atoms with E-state index in [0.29, 0.717) is 23.7 Å². The average Bonchev–Trinajstić information content (AvgIpc) is 3.14. The van der Waals surface area contributed by atoms with Crippen molar-refractivity contribution in [2.45, 2.75) is 105 Å². The van der Waals surface area contributed by atoms with Crippen molar-refractivity contribution in [2.24, 2.45) is 46.3 Å². The van der Waals surface area contributed by atoms with Gasteiger partial charge in [-0.3, -0.25) is 4.79 Å². The first-order valence-corrected chi connectivity index (χ1v) is 12.5. The molecule has 4 rings (SSSR count). The van der Waals surface area contributed by atoms with Gasteiger partial charge in [-0.25, -0.2) is 0 Å². The van der Waals surface area contributed by atoms with Crippen LogP contribution in [0, 0.1) is 46.3 Å². The topological polar surface area (TPSA) is 26.3 Å². The van der Waals surface area contributed by atoms with Crippen molar-refractivity contribution in [2.75, 3.05) is 0 Å². The van der Waals surface area contributed by atoms with Gasteiger partial charge in [-0.2, -0.15) is 0 Å². The minimum atomic E-state index is -2.88. The molecule has 8 atom stereocenters. The van der Waals surface area contributed by atoms with E-state index >= 15 is 0 Å². The quantitative estimate of drug-likeness (QED) is 0.327. The SMILES string of the molecule is [2H]C([2H])([2H])C([2H])(C/C=C/[C@@H](C)C1CC[C@H]2[C@@H]3CC=C4C[C@@H](OC(C)=O)CC[C@]4(C)[C@H]3CC[C@]12C)C([2H])([2H])[2H]. The zero-order valence-electron chi connectivity index (χ0n) is 26.9. The molecule has 0 heterocycles. The van der Waals surface area contributed by atoms with Crippen LogP contribution in [-0.4, -0.2) is 12.1 Å². The van der Waals surface area contributed by atoms with Crippen LogP contribution >= 0.6 is 0 Å². The van der Waals surface area contributed by atoms with Crippen molar-refractivity contribution in [3.05, 3.63) is 23.8 Å². The van der Waals surface area contributed by atoms with Crippen molar-refractivity contribution in [1.29, 1.82) is 0 Å². The maximum absolute atomic E-state index is 11.5. The van der Waals surface area contributed by atoms with E-state index in [2.05, 4.69) is 26.8 Å². The van der Waals surface area contributed by atoms with Gasteiger partial charge in [-0.15, -0.1) is 0 Å². The Morgan fingerprint density at radius 2 is 2.06 bits per heavy atom. The van der Waals surface area contributed by atoms with E-state index in [4.69, 9.17) is 14.3 Å². The molecule has 0 spiro atoms. The number of allylic oxidation sites excluding steroid dienone is 3. The van der Waals surface area contributed by atoms with E-state index in [-0.39, 0.29) is 35.2 Å². The number of fused-ring (bicyclic) bond motifs is 5. The average molecular weight is 434 g/mol. The summed E-state index contributed by atoms with van der Waals surface area (Å²) in [6.07, 6.45) is 14.5. The van der Waals surface area contributed by atoms with Gasteiger partial charge in [0.15, 0.2) is 0 Å². The van der Waals surface area contributed by atoms with Crippen molar-refractivity contribution in [3.63, 3.8) is 0 Å². The summed E-state index contributed by atoms with van der Waals surface area (Å²) in [5.74, 6) is -0.0693. The normalized spacial score (nSPS) is 47.7. The molecule has 0 aromatic carbocycles. The van der Waals surface area contributed by atoms with E-state index < -0.39 is 19.6 Å². The maximum Gasteiger partial charge on any atom is 0.302 e. The van der Waals surface area contributed by atoms with Crippen molar-refractivity contribution >= 4 is 5.97 Å². The molecule has 0 bridgehead atoms. The predicted molar refractivity (Wildman–Crippen MR) is 129 cm³/mol. The molecule has 0 radical (unpaired) electrons. The van der Waals surface area contributed by atoms with Gasteiger partial charge in [0.2, 0.25) is 0 Å². The summed E-state index contributed by atoms with van der Waals surface area (Å²) < 4.78 is 59.9. The number of carbonyl (C=O) groups is 1. The van der Waals surface area contributed by atoms with E-state index in [9.17, 15) is 4.79 Å². The molecule has 4 aliphatic carbocycles. The lowest BCUT2D eigenvalue weighted by atomic mass is 9.47. The van der Waals surface area contributed by atoms with Crippen LogP contribution in [0.25, 0.3) is 0 Å². The molecule has 0 saturated heterocycles. The van der Waals surface area contributed by atoms with Gasteiger partial charge >= 0.3 is 5.97 Å². The largest absolute Gasteiger partial charge is 0.462 e. The molecular weight excluding hydrogens is 380 g/mol. The molecule has 3 saturated carbocycles. The molecule has 174 valence electrons. The third kappa shape index (κ3) is 4.18. The standard InChI is InChI=1S/C29H46O2/c1-19(2)8-7-9-20(3)25-12-13-26-24-11-10-22-18-23(31-21(4)30)14-16-28(22,5)27(24)15-17-29(25,26)6/h7,9-10,19-20,23-27H,8,11-18H2,1-6H3/b9-7+/t20-,23+,24+,25?,26+,27+,28+,29-/m1/s1/i1D3,2D3,19D. The number of rotatable bonds is 5. The molecule has 0 amide bonds. The minimum absolute atomic E-state index is 0.0128. The van der Waals surface area contributed by atoms with E-state index in [1.54, 1.807) is 6.08 Å². The Morgan fingerprint density at radius 1 is 1.26 bits per heavy atom. The van der Waals surface area contributed by atoms with Crippen LogP contribution in [-0.2, 0) is 9.53 Å². The Bertz CT molecular complexity index is 953. The van der Waals surface area contributed by atoms with Crippen molar-refractivity contribution in [1.82, 2.24) is 0 Å². The molecule has 0 N–H and O–H groups in total. The highest BCUT2D eigenvalue weighted by atomic mass is 16.5. The summed E-state index contributed by atoms with van der Waals surface area (Å²) in [5.41, 5.74) is 1.88. The first-order valence-electron chi connectivity index (χ1n) is 16.0. The molecule has 4 aliphatic rings. The van der Waals surface area contributed by atoms with Crippen LogP contribution in [0.4, 0.5) is 0 Å². The second kappa shape index (κ2) is 8.71. The van der Waals surface area contributed by atoms with Gasteiger partial charge in [0, 0.05) is 22.9 Å². The lowest BCUT2D eigenvalue weighted by Gasteiger charge is -2.58. The first-order chi connectivity index (χ1) is 17.4. The lowest BCUT2D eigenvalue weighted by Crippen LogP contribution is -2.51. The highest BCUT2D eigenvalue weighted by Gasteiger charge is 2.59. The third-order valence-corrected chi connectivity index (χ3v) is 9.86. The van der Waals surface area contributed by atoms with Crippen LogP contribution in [0.1, 0.15) is 109 Å².